The first kappa shape index (κ1) is 14.7. The van der Waals surface area contributed by atoms with Crippen LogP contribution in [0.3, 0.4) is 0 Å². The zero-order chi connectivity index (χ0) is 16.9. The van der Waals surface area contributed by atoms with Crippen LogP contribution in [0.1, 0.15) is 5.56 Å². The highest BCUT2D eigenvalue weighted by Crippen LogP contribution is 2.27. The molecule has 0 bridgehead atoms. The number of nitrogens with zero attached hydrogens (tertiary/aromatic N) is 1. The van der Waals surface area contributed by atoms with Crippen LogP contribution in [0, 0.1) is 6.92 Å². The molecule has 5 nitrogen and oxygen atoms in total. The van der Waals surface area contributed by atoms with Gasteiger partial charge in [0.2, 0.25) is 0 Å². The van der Waals surface area contributed by atoms with Gasteiger partial charge in [0.15, 0.2) is 0 Å². The smallest absolute Gasteiger partial charge is 0.268 e. The Morgan fingerprint density at radius 2 is 1.71 bits per heavy atom. The lowest BCUT2D eigenvalue weighted by molar-refractivity contribution is 0.590. The molecule has 0 aliphatic rings. The molecule has 120 valence electrons. The van der Waals surface area contributed by atoms with Crippen LogP contribution < -0.4 is 5.56 Å². The summed E-state index contributed by atoms with van der Waals surface area (Å²) in [4.78, 5) is 14.6. The molecule has 4 rings (SSSR count). The van der Waals surface area contributed by atoms with Crippen molar-refractivity contribution < 1.29 is 8.42 Å². The molecular formula is C18H14N2O3S. The fourth-order valence-electron chi connectivity index (χ4n) is 3.03. The van der Waals surface area contributed by atoms with Crippen LogP contribution in [0.4, 0.5) is 0 Å². The Balaban J connectivity index is 2.07. The summed E-state index contributed by atoms with van der Waals surface area (Å²) < 4.78 is 27.7. The van der Waals surface area contributed by atoms with E-state index in [9.17, 15) is 13.2 Å². The minimum absolute atomic E-state index is 0.116. The fraction of sp³-hybridized carbons (Fsp3) is 0.0556. The average molecular weight is 338 g/mol. The van der Waals surface area contributed by atoms with Crippen molar-refractivity contribution in [1.82, 2.24) is 8.96 Å². The zero-order valence-corrected chi connectivity index (χ0v) is 13.7. The molecule has 6 heteroatoms. The summed E-state index contributed by atoms with van der Waals surface area (Å²) in [6.45, 7) is 1.94. The third-order valence-corrected chi connectivity index (χ3v) is 5.98. The van der Waals surface area contributed by atoms with Gasteiger partial charge in [-0.05, 0) is 42.8 Å². The van der Waals surface area contributed by atoms with Crippen LogP contribution in [0.2, 0.25) is 0 Å². The van der Waals surface area contributed by atoms with Crippen molar-refractivity contribution in [3.05, 3.63) is 76.8 Å². The molecule has 0 saturated heterocycles. The maximum atomic E-state index is 13.2. The van der Waals surface area contributed by atoms with E-state index in [1.54, 1.807) is 36.5 Å². The number of aromatic amines is 1. The highest BCUT2D eigenvalue weighted by Gasteiger charge is 2.22. The van der Waals surface area contributed by atoms with Crippen molar-refractivity contribution in [2.75, 3.05) is 0 Å². The molecule has 24 heavy (non-hydrogen) atoms. The molecule has 2 heterocycles. The van der Waals surface area contributed by atoms with Gasteiger partial charge in [-0.2, -0.15) is 0 Å². The van der Waals surface area contributed by atoms with Gasteiger partial charge in [-0.3, -0.25) is 4.79 Å². The highest BCUT2D eigenvalue weighted by molar-refractivity contribution is 7.90. The Morgan fingerprint density at radius 3 is 2.54 bits per heavy atom. The first-order chi connectivity index (χ1) is 11.5. The van der Waals surface area contributed by atoms with Gasteiger partial charge in [0.05, 0.1) is 10.4 Å². The molecule has 0 aliphatic heterocycles. The van der Waals surface area contributed by atoms with Gasteiger partial charge < -0.3 is 4.98 Å². The van der Waals surface area contributed by atoms with Gasteiger partial charge in [-0.15, -0.1) is 0 Å². The predicted molar refractivity (Wildman–Crippen MR) is 93.8 cm³/mol. The second-order valence-electron chi connectivity index (χ2n) is 5.65. The Morgan fingerprint density at radius 1 is 0.917 bits per heavy atom. The lowest BCUT2D eigenvalue weighted by atomic mass is 10.1. The molecule has 0 unspecified atom stereocenters. The number of aromatic nitrogens is 2. The van der Waals surface area contributed by atoms with Crippen molar-refractivity contribution in [2.45, 2.75) is 11.8 Å². The number of aryl methyl sites for hydroxylation is 1. The topological polar surface area (TPSA) is 71.9 Å². The predicted octanol–water partition coefficient (Wildman–Crippen LogP) is 3.03. The number of fused-ring (bicyclic) bond motifs is 2. The van der Waals surface area contributed by atoms with E-state index >= 15 is 0 Å². The van der Waals surface area contributed by atoms with E-state index in [-0.39, 0.29) is 10.5 Å². The van der Waals surface area contributed by atoms with Crippen molar-refractivity contribution in [3.63, 3.8) is 0 Å². The molecule has 1 N–H and O–H groups in total. The Bertz CT molecular complexity index is 1250. The number of rotatable bonds is 2. The molecule has 0 radical (unpaired) electrons. The minimum Gasteiger partial charge on any atom is -0.329 e. The molecule has 0 aliphatic carbocycles. The van der Waals surface area contributed by atoms with Gasteiger partial charge in [0, 0.05) is 28.6 Å². The maximum Gasteiger partial charge on any atom is 0.268 e. The first-order valence-electron chi connectivity index (χ1n) is 7.43. The zero-order valence-electron chi connectivity index (χ0n) is 12.9. The van der Waals surface area contributed by atoms with E-state index in [1.165, 1.54) is 16.2 Å². The van der Waals surface area contributed by atoms with E-state index in [4.69, 9.17) is 0 Å². The molecule has 4 aromatic rings. The monoisotopic (exact) mass is 338 g/mol. The van der Waals surface area contributed by atoms with Crippen molar-refractivity contribution >= 4 is 31.7 Å². The van der Waals surface area contributed by atoms with Gasteiger partial charge in [-0.25, -0.2) is 12.4 Å². The molecular weight excluding hydrogens is 324 g/mol. The number of pyridine rings is 1. The maximum absolute atomic E-state index is 13.2. The molecule has 0 saturated carbocycles. The van der Waals surface area contributed by atoms with Gasteiger partial charge in [0.1, 0.15) is 0 Å². The number of nitrogens with one attached hydrogen (secondary N) is 1. The van der Waals surface area contributed by atoms with E-state index in [0.29, 0.717) is 16.3 Å². The third kappa shape index (κ3) is 2.00. The Labute approximate surface area is 138 Å². The summed E-state index contributed by atoms with van der Waals surface area (Å²) in [6.07, 6.45) is 3.01. The van der Waals surface area contributed by atoms with Crippen molar-refractivity contribution in [2.24, 2.45) is 0 Å². The van der Waals surface area contributed by atoms with Crippen LogP contribution in [-0.4, -0.2) is 17.4 Å². The summed E-state index contributed by atoms with van der Waals surface area (Å²) in [5.41, 5.74) is 1.32. The second kappa shape index (κ2) is 5.07. The second-order valence-corrected chi connectivity index (χ2v) is 7.43. The summed E-state index contributed by atoms with van der Waals surface area (Å²) >= 11 is 0. The number of H-pyrrole nitrogens is 1. The normalized spacial score (nSPS) is 12.0. The quantitative estimate of drug-likeness (QED) is 0.611. The number of hydrogen-bond acceptors (Lipinski definition) is 3. The van der Waals surface area contributed by atoms with E-state index in [0.717, 1.165) is 10.9 Å². The molecule has 0 amide bonds. The van der Waals surface area contributed by atoms with Crippen molar-refractivity contribution in [1.29, 1.82) is 0 Å². The summed E-state index contributed by atoms with van der Waals surface area (Å²) in [5, 5.41) is 1.65. The van der Waals surface area contributed by atoms with E-state index < -0.39 is 10.0 Å². The Kier molecular flexibility index (Phi) is 3.11. The van der Waals surface area contributed by atoms with Gasteiger partial charge >= 0.3 is 0 Å². The molecule has 0 fully saturated rings. The van der Waals surface area contributed by atoms with Crippen LogP contribution in [0.25, 0.3) is 21.7 Å². The lowest BCUT2D eigenvalue weighted by Gasteiger charge is -2.10. The third-order valence-electron chi connectivity index (χ3n) is 4.23. The number of hydrogen-bond donors (Lipinski definition) is 1. The average Bonchev–Trinajstić information content (AvgIpc) is 3.01. The summed E-state index contributed by atoms with van der Waals surface area (Å²) in [6, 6.07) is 13.7. The Hall–Kier alpha value is -2.86. The SMILES string of the molecule is Cc1cccc2c1ccn2S(=O)(=O)c1cccc2c(=O)[nH]ccc12. The minimum atomic E-state index is -3.82. The fourth-order valence-corrected chi connectivity index (χ4v) is 4.59. The standard InChI is InChI=1S/C18H14N2O3S/c1-12-4-2-6-16-13(12)9-11-20(16)24(22,23)17-7-3-5-15-14(17)8-10-19-18(15)21/h2-11H,1H3,(H,19,21). The highest BCUT2D eigenvalue weighted by atomic mass is 32.2. The molecule has 2 aromatic carbocycles. The van der Waals surface area contributed by atoms with Crippen molar-refractivity contribution in [3.8, 4) is 0 Å². The first-order valence-corrected chi connectivity index (χ1v) is 8.87. The largest absolute Gasteiger partial charge is 0.329 e. The van der Waals surface area contributed by atoms with E-state index in [2.05, 4.69) is 4.98 Å². The molecule has 2 aromatic heterocycles. The van der Waals surface area contributed by atoms with E-state index in [1.807, 2.05) is 19.1 Å². The van der Waals surface area contributed by atoms with Crippen LogP contribution in [0.15, 0.2) is 70.6 Å². The lowest BCUT2D eigenvalue weighted by Crippen LogP contribution is -2.14. The van der Waals surface area contributed by atoms with Crippen LogP contribution in [0.5, 0.6) is 0 Å². The van der Waals surface area contributed by atoms with Crippen LogP contribution >= 0.6 is 0 Å². The summed E-state index contributed by atoms with van der Waals surface area (Å²) in [5.74, 6) is 0. The van der Waals surface area contributed by atoms with Gasteiger partial charge in [-0.1, -0.05) is 18.2 Å². The van der Waals surface area contributed by atoms with Crippen LogP contribution in [-0.2, 0) is 10.0 Å². The van der Waals surface area contributed by atoms with Gasteiger partial charge in [0.25, 0.3) is 15.6 Å². The summed E-state index contributed by atoms with van der Waals surface area (Å²) in [7, 11) is -3.82. The number of benzene rings is 2. The molecule has 0 spiro atoms. The molecule has 0 atom stereocenters.